The Morgan fingerprint density at radius 1 is 1.19 bits per heavy atom. The lowest BCUT2D eigenvalue weighted by molar-refractivity contribution is 0.252. The maximum atomic E-state index is 11.7. The second-order valence-electron chi connectivity index (χ2n) is 6.71. The summed E-state index contributed by atoms with van der Waals surface area (Å²) in [5, 5.41) is 19.6. The zero-order valence-electron chi connectivity index (χ0n) is 17.0. The summed E-state index contributed by atoms with van der Waals surface area (Å²) in [6.07, 6.45) is 5.19. The number of aromatic hydroxyl groups is 1. The van der Waals surface area contributed by atoms with E-state index in [1.165, 1.54) is 7.11 Å². The van der Waals surface area contributed by atoms with E-state index in [4.69, 9.17) is 4.74 Å². The highest BCUT2D eigenvalue weighted by molar-refractivity contribution is 5.89. The molecule has 0 aliphatic carbocycles. The highest BCUT2D eigenvalue weighted by Gasteiger charge is 2.10. The van der Waals surface area contributed by atoms with Crippen LogP contribution in [-0.4, -0.2) is 49.5 Å². The maximum absolute atomic E-state index is 11.7. The monoisotopic (exact) mass is 419 g/mol. The molecule has 4 aromatic rings. The van der Waals surface area contributed by atoms with Crippen LogP contribution in [0.3, 0.4) is 0 Å². The summed E-state index contributed by atoms with van der Waals surface area (Å²) < 4.78 is 6.81. The van der Waals surface area contributed by atoms with Crippen LogP contribution in [0.2, 0.25) is 0 Å². The number of methoxy groups -OCH3 is 1. The first-order chi connectivity index (χ1) is 15.1. The molecule has 0 aliphatic heterocycles. The molecule has 158 valence electrons. The van der Waals surface area contributed by atoms with E-state index in [9.17, 15) is 9.90 Å². The van der Waals surface area contributed by atoms with E-state index < -0.39 is 0 Å². The summed E-state index contributed by atoms with van der Waals surface area (Å²) in [4.78, 5) is 25.0. The molecule has 0 saturated carbocycles. The molecule has 2 amide bonds. The molecule has 3 N–H and O–H groups in total. The fraction of sp³-hybridized carbons (Fsp3) is 0.190. The van der Waals surface area contributed by atoms with Crippen LogP contribution < -0.4 is 15.4 Å². The summed E-state index contributed by atoms with van der Waals surface area (Å²) in [5.41, 5.74) is 3.29. The minimum Gasteiger partial charge on any atom is -0.504 e. The first kappa shape index (κ1) is 20.1. The Bertz CT molecular complexity index is 1240. The van der Waals surface area contributed by atoms with Gasteiger partial charge in [-0.15, -0.1) is 0 Å². The van der Waals surface area contributed by atoms with Gasteiger partial charge in [0, 0.05) is 18.3 Å². The van der Waals surface area contributed by atoms with Gasteiger partial charge >= 0.3 is 6.03 Å². The number of nitrogens with one attached hydrogen (secondary N) is 2. The molecule has 0 atom stereocenters. The molecule has 0 radical (unpaired) electrons. The molecule has 0 bridgehead atoms. The first-order valence-electron chi connectivity index (χ1n) is 9.63. The molecule has 0 saturated heterocycles. The Morgan fingerprint density at radius 3 is 2.84 bits per heavy atom. The van der Waals surface area contributed by atoms with Gasteiger partial charge < -0.3 is 15.2 Å². The fourth-order valence-electron chi connectivity index (χ4n) is 3.03. The van der Waals surface area contributed by atoms with Crippen molar-refractivity contribution in [3.8, 4) is 22.8 Å². The topological polar surface area (TPSA) is 127 Å². The lowest BCUT2D eigenvalue weighted by atomic mass is 10.2. The zero-order valence-corrected chi connectivity index (χ0v) is 17.0. The van der Waals surface area contributed by atoms with Gasteiger partial charge in [-0.1, -0.05) is 6.07 Å². The van der Waals surface area contributed by atoms with Gasteiger partial charge in [-0.2, -0.15) is 5.10 Å². The molecule has 10 heteroatoms. The van der Waals surface area contributed by atoms with E-state index in [1.807, 2.05) is 19.2 Å². The number of rotatable bonds is 6. The van der Waals surface area contributed by atoms with Gasteiger partial charge in [0.15, 0.2) is 17.1 Å². The van der Waals surface area contributed by atoms with Gasteiger partial charge in [0.25, 0.3) is 0 Å². The molecule has 0 aliphatic rings. The third-order valence-electron chi connectivity index (χ3n) is 4.50. The number of benzene rings is 1. The highest BCUT2D eigenvalue weighted by Crippen LogP contribution is 2.27. The van der Waals surface area contributed by atoms with E-state index in [0.717, 1.165) is 11.1 Å². The van der Waals surface area contributed by atoms with Crippen molar-refractivity contribution >= 4 is 23.0 Å². The quantitative estimate of drug-likeness (QED) is 0.438. The van der Waals surface area contributed by atoms with Crippen molar-refractivity contribution in [2.45, 2.75) is 13.5 Å². The average molecular weight is 419 g/mol. The highest BCUT2D eigenvalue weighted by atomic mass is 16.5. The Morgan fingerprint density at radius 2 is 2.06 bits per heavy atom. The van der Waals surface area contributed by atoms with E-state index in [1.54, 1.807) is 41.3 Å². The second kappa shape index (κ2) is 8.66. The Kier molecular flexibility index (Phi) is 5.61. The molecular formula is C21H21N7O3. The third kappa shape index (κ3) is 4.53. The summed E-state index contributed by atoms with van der Waals surface area (Å²) in [6.45, 7) is 2.82. The molecule has 4 rings (SSSR count). The number of carbonyl (C=O) groups is 1. The van der Waals surface area contributed by atoms with Crippen molar-refractivity contribution in [1.29, 1.82) is 0 Å². The number of aromatic nitrogens is 5. The normalized spacial score (nSPS) is 10.8. The van der Waals surface area contributed by atoms with Crippen molar-refractivity contribution in [2.24, 2.45) is 0 Å². The Labute approximate surface area is 177 Å². The standard InChI is InChI=1S/C21H21N7O3/c1-3-22-21(30)27-19-7-5-15-20(26-19)25-16(10-23-15)14-9-24-28(12-14)11-13-4-6-18(31-2)17(29)8-13/h4-10,12,29H,3,11H2,1-2H3,(H2,22,25,26,27,30). The van der Waals surface area contributed by atoms with Gasteiger partial charge in [-0.25, -0.2) is 14.8 Å². The largest absolute Gasteiger partial charge is 0.504 e. The molecule has 0 fully saturated rings. The van der Waals surface area contributed by atoms with Crippen molar-refractivity contribution in [3.05, 3.63) is 54.5 Å². The van der Waals surface area contributed by atoms with Gasteiger partial charge in [-0.05, 0) is 36.8 Å². The molecule has 0 unspecified atom stereocenters. The number of phenols is 1. The van der Waals surface area contributed by atoms with E-state index in [-0.39, 0.29) is 11.8 Å². The zero-order chi connectivity index (χ0) is 21.8. The fourth-order valence-corrected chi connectivity index (χ4v) is 3.03. The minimum atomic E-state index is -0.329. The molecule has 1 aromatic carbocycles. The van der Waals surface area contributed by atoms with Crippen molar-refractivity contribution in [2.75, 3.05) is 19.0 Å². The summed E-state index contributed by atoms with van der Waals surface area (Å²) in [7, 11) is 1.51. The number of fused-ring (bicyclic) bond motifs is 1. The van der Waals surface area contributed by atoms with Crippen LogP contribution in [0.5, 0.6) is 11.5 Å². The minimum absolute atomic E-state index is 0.0795. The number of anilines is 1. The molecule has 0 spiro atoms. The lowest BCUT2D eigenvalue weighted by Gasteiger charge is -2.06. The van der Waals surface area contributed by atoms with Gasteiger partial charge in [0.2, 0.25) is 0 Å². The van der Waals surface area contributed by atoms with Crippen LogP contribution in [-0.2, 0) is 6.54 Å². The van der Waals surface area contributed by atoms with Crippen LogP contribution in [0.15, 0.2) is 48.9 Å². The number of amides is 2. The maximum Gasteiger partial charge on any atom is 0.320 e. The smallest absolute Gasteiger partial charge is 0.320 e. The number of carbonyl (C=O) groups excluding carboxylic acids is 1. The van der Waals surface area contributed by atoms with Gasteiger partial charge in [0.05, 0.1) is 31.7 Å². The summed E-state index contributed by atoms with van der Waals surface area (Å²) >= 11 is 0. The number of hydrogen-bond acceptors (Lipinski definition) is 7. The van der Waals surface area contributed by atoms with Crippen molar-refractivity contribution in [3.63, 3.8) is 0 Å². The third-order valence-corrected chi connectivity index (χ3v) is 4.50. The van der Waals surface area contributed by atoms with Crippen molar-refractivity contribution < 1.29 is 14.6 Å². The van der Waals surface area contributed by atoms with Crippen LogP contribution >= 0.6 is 0 Å². The molecule has 10 nitrogen and oxygen atoms in total. The summed E-state index contributed by atoms with van der Waals surface area (Å²) in [5.74, 6) is 0.890. The first-order valence-corrected chi connectivity index (χ1v) is 9.63. The van der Waals surface area contributed by atoms with Gasteiger partial charge in [0.1, 0.15) is 11.3 Å². The Balaban J connectivity index is 1.55. The predicted octanol–water partition coefficient (Wildman–Crippen LogP) is 2.79. The SMILES string of the molecule is CCNC(=O)Nc1ccc2ncc(-c3cnn(Cc4ccc(OC)c(O)c4)c3)nc2n1. The van der Waals surface area contributed by atoms with Crippen LogP contribution in [0, 0.1) is 0 Å². The number of urea groups is 1. The number of ether oxygens (including phenoxy) is 1. The number of hydrogen-bond donors (Lipinski definition) is 3. The van der Waals surface area contributed by atoms with Crippen LogP contribution in [0.25, 0.3) is 22.4 Å². The van der Waals surface area contributed by atoms with E-state index in [2.05, 4.69) is 30.7 Å². The molecule has 3 heterocycles. The van der Waals surface area contributed by atoms with Crippen LogP contribution in [0.1, 0.15) is 12.5 Å². The summed E-state index contributed by atoms with van der Waals surface area (Å²) in [6, 6.07) is 8.31. The average Bonchev–Trinajstić information content (AvgIpc) is 3.22. The molecular weight excluding hydrogens is 398 g/mol. The Hall–Kier alpha value is -4.21. The molecule has 3 aromatic heterocycles. The molecule has 31 heavy (non-hydrogen) atoms. The number of phenolic OH excluding ortho intramolecular Hbond substituents is 1. The second-order valence-corrected chi connectivity index (χ2v) is 6.71. The van der Waals surface area contributed by atoms with Crippen LogP contribution in [0.4, 0.5) is 10.6 Å². The lowest BCUT2D eigenvalue weighted by Crippen LogP contribution is -2.28. The number of pyridine rings is 1. The van der Waals surface area contributed by atoms with E-state index in [0.29, 0.717) is 41.5 Å². The number of nitrogens with zero attached hydrogens (tertiary/aromatic N) is 5. The van der Waals surface area contributed by atoms with E-state index >= 15 is 0 Å². The predicted molar refractivity (Wildman–Crippen MR) is 115 cm³/mol. The van der Waals surface area contributed by atoms with Gasteiger partial charge in [-0.3, -0.25) is 15.0 Å². The van der Waals surface area contributed by atoms with Crippen molar-refractivity contribution in [1.82, 2.24) is 30.0 Å².